The maximum absolute atomic E-state index is 12.6. The van der Waals surface area contributed by atoms with E-state index >= 15 is 0 Å². The first-order chi connectivity index (χ1) is 13.5. The zero-order valence-corrected chi connectivity index (χ0v) is 16.5. The second kappa shape index (κ2) is 8.99. The zero-order valence-electron chi connectivity index (χ0n) is 16.5. The maximum atomic E-state index is 12.6. The average molecular weight is 385 g/mol. The van der Waals surface area contributed by atoms with Crippen molar-refractivity contribution in [2.24, 2.45) is 5.92 Å². The molecule has 1 aromatic carbocycles. The molecule has 7 heteroatoms. The van der Waals surface area contributed by atoms with Crippen LogP contribution in [0.5, 0.6) is 0 Å². The van der Waals surface area contributed by atoms with Crippen LogP contribution in [0.2, 0.25) is 0 Å². The highest BCUT2D eigenvalue weighted by molar-refractivity contribution is 5.80. The first kappa shape index (κ1) is 20.0. The molecule has 28 heavy (non-hydrogen) atoms. The Morgan fingerprint density at radius 3 is 2.93 bits per heavy atom. The van der Waals surface area contributed by atoms with E-state index in [2.05, 4.69) is 4.98 Å². The summed E-state index contributed by atoms with van der Waals surface area (Å²) in [5.74, 6) is -0.427. The summed E-state index contributed by atoms with van der Waals surface area (Å²) in [6.07, 6.45) is 4.02. The smallest absolute Gasteiger partial charge is 0.310 e. The summed E-state index contributed by atoms with van der Waals surface area (Å²) in [5, 5.41) is 0.599. The van der Waals surface area contributed by atoms with E-state index in [-0.39, 0.29) is 23.4 Å². The number of esters is 1. The van der Waals surface area contributed by atoms with Gasteiger partial charge in [-0.2, -0.15) is 0 Å². The Bertz CT molecular complexity index is 921. The number of carbonyl (C=O) groups excluding carboxylic acids is 2. The predicted octanol–water partition coefficient (Wildman–Crippen LogP) is 2.29. The molecule has 1 saturated heterocycles. The molecule has 2 heterocycles. The molecule has 3 rings (SSSR count). The second-order valence-corrected chi connectivity index (χ2v) is 7.25. The molecule has 0 N–H and O–H groups in total. The fourth-order valence-corrected chi connectivity index (χ4v) is 3.71. The topological polar surface area (TPSA) is 81.5 Å². The Balaban J connectivity index is 1.57. The van der Waals surface area contributed by atoms with E-state index in [1.54, 1.807) is 28.8 Å². The molecular formula is C21H27N3O4. The maximum Gasteiger partial charge on any atom is 0.310 e. The average Bonchev–Trinajstić information content (AvgIpc) is 2.70. The normalized spacial score (nSPS) is 16.9. The van der Waals surface area contributed by atoms with Gasteiger partial charge in [0.25, 0.3) is 5.56 Å². The van der Waals surface area contributed by atoms with Gasteiger partial charge in [0.05, 0.1) is 29.8 Å². The lowest BCUT2D eigenvalue weighted by Crippen LogP contribution is -2.42. The second-order valence-electron chi connectivity index (χ2n) is 7.25. The van der Waals surface area contributed by atoms with Gasteiger partial charge in [0.2, 0.25) is 5.91 Å². The first-order valence-corrected chi connectivity index (χ1v) is 9.90. The van der Waals surface area contributed by atoms with Crippen molar-refractivity contribution in [3.8, 4) is 0 Å². The highest BCUT2D eigenvalue weighted by Crippen LogP contribution is 2.19. The van der Waals surface area contributed by atoms with Crippen LogP contribution in [0, 0.1) is 12.8 Å². The molecule has 1 aliphatic rings. The lowest BCUT2D eigenvalue weighted by molar-refractivity contribution is -0.151. The molecule has 7 nitrogen and oxygen atoms in total. The van der Waals surface area contributed by atoms with Crippen molar-refractivity contribution in [3.63, 3.8) is 0 Å². The number of hydrogen-bond donors (Lipinski definition) is 0. The molecule has 1 aliphatic heterocycles. The van der Waals surface area contributed by atoms with Crippen LogP contribution in [0.4, 0.5) is 0 Å². The van der Waals surface area contributed by atoms with Gasteiger partial charge in [-0.3, -0.25) is 19.0 Å². The summed E-state index contributed by atoms with van der Waals surface area (Å²) in [4.78, 5) is 43.2. The van der Waals surface area contributed by atoms with Gasteiger partial charge in [-0.05, 0) is 44.7 Å². The molecule has 0 saturated carbocycles. The molecular weight excluding hydrogens is 358 g/mol. The van der Waals surface area contributed by atoms with E-state index in [4.69, 9.17) is 4.74 Å². The number of likely N-dealkylation sites (tertiary alicyclic amines) is 1. The highest BCUT2D eigenvalue weighted by Gasteiger charge is 2.28. The fourth-order valence-electron chi connectivity index (χ4n) is 3.71. The van der Waals surface area contributed by atoms with Crippen molar-refractivity contribution in [2.75, 3.05) is 19.7 Å². The number of aromatic nitrogens is 2. The largest absolute Gasteiger partial charge is 0.466 e. The number of benzene rings is 1. The van der Waals surface area contributed by atoms with Crippen molar-refractivity contribution >= 4 is 22.8 Å². The van der Waals surface area contributed by atoms with Crippen LogP contribution in [0.15, 0.2) is 29.3 Å². The molecule has 2 aromatic rings. The number of fused-ring (bicyclic) bond motifs is 1. The fraction of sp³-hybridized carbons (Fsp3) is 0.524. The number of ether oxygens (including phenoxy) is 1. The standard InChI is InChI=1S/C21H27N3O4/c1-3-28-21(27)16-8-5-11-23(13-16)18(25)10-6-12-24-14-22-19-15(2)7-4-9-17(19)20(24)26/h4,7,9,14,16H,3,5-6,8,10-13H2,1-2H3/t16-/m0/s1. The summed E-state index contributed by atoms with van der Waals surface area (Å²) in [5.41, 5.74) is 1.61. The Hall–Kier alpha value is -2.70. The molecule has 0 aliphatic carbocycles. The van der Waals surface area contributed by atoms with Crippen LogP contribution in [0.3, 0.4) is 0 Å². The molecule has 1 fully saturated rings. The molecule has 0 spiro atoms. The SMILES string of the molecule is CCOC(=O)[C@H]1CCCN(C(=O)CCCn2cnc3c(C)cccc3c2=O)C1. The number of para-hydroxylation sites is 1. The number of piperidine rings is 1. The Kier molecular flexibility index (Phi) is 6.44. The van der Waals surface area contributed by atoms with Gasteiger partial charge in [-0.25, -0.2) is 4.98 Å². The number of nitrogens with zero attached hydrogens (tertiary/aromatic N) is 3. The Morgan fingerprint density at radius 2 is 2.14 bits per heavy atom. The quantitative estimate of drug-likeness (QED) is 0.713. The van der Waals surface area contributed by atoms with Gasteiger partial charge >= 0.3 is 5.97 Å². The van der Waals surface area contributed by atoms with Crippen molar-refractivity contribution in [1.82, 2.24) is 14.5 Å². The zero-order chi connectivity index (χ0) is 20.1. The summed E-state index contributed by atoms with van der Waals surface area (Å²) in [6.45, 7) is 5.61. The van der Waals surface area contributed by atoms with Crippen LogP contribution >= 0.6 is 0 Å². The third kappa shape index (κ3) is 4.40. The van der Waals surface area contributed by atoms with Crippen molar-refractivity contribution < 1.29 is 14.3 Å². The minimum Gasteiger partial charge on any atom is -0.466 e. The highest BCUT2D eigenvalue weighted by atomic mass is 16.5. The van der Waals surface area contributed by atoms with E-state index in [1.807, 2.05) is 19.1 Å². The number of amides is 1. The van der Waals surface area contributed by atoms with Gasteiger partial charge in [-0.1, -0.05) is 12.1 Å². The monoisotopic (exact) mass is 385 g/mol. The minimum atomic E-state index is -0.229. The molecule has 1 atom stereocenters. The van der Waals surface area contributed by atoms with E-state index in [1.165, 1.54) is 0 Å². The molecule has 150 valence electrons. The lowest BCUT2D eigenvalue weighted by Gasteiger charge is -2.31. The van der Waals surface area contributed by atoms with Gasteiger partial charge in [0.1, 0.15) is 0 Å². The Morgan fingerprint density at radius 1 is 1.32 bits per heavy atom. The predicted molar refractivity (Wildman–Crippen MR) is 106 cm³/mol. The van der Waals surface area contributed by atoms with Gasteiger partial charge in [-0.15, -0.1) is 0 Å². The minimum absolute atomic E-state index is 0.0200. The summed E-state index contributed by atoms with van der Waals surface area (Å²) in [6, 6.07) is 5.56. The Labute approximate surface area is 164 Å². The van der Waals surface area contributed by atoms with Gasteiger partial charge in [0, 0.05) is 26.1 Å². The summed E-state index contributed by atoms with van der Waals surface area (Å²) < 4.78 is 6.65. The van der Waals surface area contributed by atoms with Crippen LogP contribution in [-0.2, 0) is 20.9 Å². The van der Waals surface area contributed by atoms with Crippen LogP contribution < -0.4 is 5.56 Å². The van der Waals surface area contributed by atoms with Crippen LogP contribution in [-0.4, -0.2) is 46.0 Å². The third-order valence-corrected chi connectivity index (χ3v) is 5.24. The molecule has 0 radical (unpaired) electrons. The van der Waals surface area contributed by atoms with E-state index in [0.717, 1.165) is 23.9 Å². The summed E-state index contributed by atoms with van der Waals surface area (Å²) >= 11 is 0. The van der Waals surface area contributed by atoms with Crippen LogP contribution in [0.25, 0.3) is 10.9 Å². The third-order valence-electron chi connectivity index (χ3n) is 5.24. The van der Waals surface area contributed by atoms with E-state index in [9.17, 15) is 14.4 Å². The van der Waals surface area contributed by atoms with Crippen molar-refractivity contribution in [3.05, 3.63) is 40.4 Å². The molecule has 1 aromatic heterocycles. The lowest BCUT2D eigenvalue weighted by atomic mass is 9.98. The van der Waals surface area contributed by atoms with E-state index < -0.39 is 0 Å². The number of hydrogen-bond acceptors (Lipinski definition) is 5. The number of carbonyl (C=O) groups is 2. The first-order valence-electron chi connectivity index (χ1n) is 9.90. The van der Waals surface area contributed by atoms with Gasteiger partial charge in [0.15, 0.2) is 0 Å². The number of rotatable bonds is 6. The summed E-state index contributed by atoms with van der Waals surface area (Å²) in [7, 11) is 0. The molecule has 0 unspecified atom stereocenters. The van der Waals surface area contributed by atoms with Crippen LogP contribution in [0.1, 0.15) is 38.2 Å². The molecule has 0 bridgehead atoms. The van der Waals surface area contributed by atoms with E-state index in [0.29, 0.717) is 44.5 Å². The van der Waals surface area contributed by atoms with Crippen molar-refractivity contribution in [2.45, 2.75) is 46.1 Å². The molecule has 1 amide bonds. The van der Waals surface area contributed by atoms with Crippen molar-refractivity contribution in [1.29, 1.82) is 0 Å². The van der Waals surface area contributed by atoms with Gasteiger partial charge < -0.3 is 9.64 Å². The number of aryl methyl sites for hydroxylation is 2.